The van der Waals surface area contributed by atoms with E-state index in [1.165, 1.54) is 6.33 Å². The highest BCUT2D eigenvalue weighted by atomic mass is 16.6. The largest absolute Gasteiger partial charge is 0.490 e. The van der Waals surface area contributed by atoms with Gasteiger partial charge in [0.1, 0.15) is 0 Å². The molecule has 112 valence electrons. The second kappa shape index (κ2) is 3.80. The van der Waals surface area contributed by atoms with Gasteiger partial charge in [-0.25, -0.2) is 0 Å². The van der Waals surface area contributed by atoms with Gasteiger partial charge in [-0.3, -0.25) is 4.79 Å². The van der Waals surface area contributed by atoms with E-state index in [-0.39, 0.29) is 17.4 Å². The average Bonchev–Trinajstić information content (AvgIpc) is 2.87. The lowest BCUT2D eigenvalue weighted by molar-refractivity contribution is -0.394. The van der Waals surface area contributed by atoms with Crippen molar-refractivity contribution >= 4 is 11.9 Å². The van der Waals surface area contributed by atoms with Crippen molar-refractivity contribution in [2.75, 3.05) is 0 Å². The highest BCUT2D eigenvalue weighted by Crippen LogP contribution is 2.63. The molecule has 0 spiro atoms. The van der Waals surface area contributed by atoms with E-state index in [4.69, 9.17) is 5.73 Å². The monoisotopic (exact) mass is 291 g/mol. The van der Waals surface area contributed by atoms with Crippen LogP contribution in [0.4, 0.5) is 5.95 Å². The molecule has 0 saturated heterocycles. The van der Waals surface area contributed by atoms with Crippen molar-refractivity contribution in [1.29, 1.82) is 0 Å². The minimum Gasteiger partial charge on any atom is -0.390 e. The lowest BCUT2D eigenvalue weighted by Gasteiger charge is -2.59. The fourth-order valence-corrected chi connectivity index (χ4v) is 5.34. The molecule has 4 saturated carbocycles. The van der Waals surface area contributed by atoms with Gasteiger partial charge in [0.15, 0.2) is 0 Å². The van der Waals surface area contributed by atoms with E-state index in [1.54, 1.807) is 4.68 Å². The molecular weight excluding hydrogens is 274 g/mol. The molecule has 1 aromatic heterocycles. The van der Waals surface area contributed by atoms with E-state index in [0.29, 0.717) is 18.3 Å². The van der Waals surface area contributed by atoms with E-state index in [1.807, 2.05) is 0 Å². The molecule has 1 amide bonds. The van der Waals surface area contributed by atoms with Crippen molar-refractivity contribution in [2.45, 2.75) is 44.1 Å². The van der Waals surface area contributed by atoms with Gasteiger partial charge < -0.3 is 15.8 Å². The van der Waals surface area contributed by atoms with Gasteiger partial charge in [-0.2, -0.15) is 4.68 Å². The Labute approximate surface area is 120 Å². The molecule has 1 heterocycles. The third kappa shape index (κ3) is 1.64. The Hall–Kier alpha value is -1.99. The van der Waals surface area contributed by atoms with Gasteiger partial charge in [-0.05, 0) is 55.3 Å². The van der Waals surface area contributed by atoms with E-state index < -0.39 is 10.3 Å². The summed E-state index contributed by atoms with van der Waals surface area (Å²) in [5.41, 5.74) is 4.92. The van der Waals surface area contributed by atoms with Gasteiger partial charge in [-0.15, -0.1) is 0 Å². The fraction of sp³-hybridized carbons (Fsp3) is 0.769. The normalized spacial score (nSPS) is 40.4. The highest BCUT2D eigenvalue weighted by Gasteiger charge is 2.62. The van der Waals surface area contributed by atoms with Crippen LogP contribution in [-0.2, 0) is 10.3 Å². The maximum atomic E-state index is 12.0. The van der Waals surface area contributed by atoms with Crippen LogP contribution in [0.3, 0.4) is 0 Å². The Morgan fingerprint density at radius 1 is 1.38 bits per heavy atom. The van der Waals surface area contributed by atoms with Crippen LogP contribution in [-0.4, -0.2) is 25.6 Å². The highest BCUT2D eigenvalue weighted by molar-refractivity contribution is 5.81. The maximum Gasteiger partial charge on any atom is 0.490 e. The molecule has 0 radical (unpaired) electrons. The molecule has 21 heavy (non-hydrogen) atoms. The third-order valence-corrected chi connectivity index (χ3v) is 5.68. The Kier molecular flexibility index (Phi) is 2.31. The summed E-state index contributed by atoms with van der Waals surface area (Å²) in [6.07, 6.45) is 6.77. The van der Waals surface area contributed by atoms with E-state index in [0.717, 1.165) is 32.1 Å². The van der Waals surface area contributed by atoms with Crippen LogP contribution >= 0.6 is 0 Å². The van der Waals surface area contributed by atoms with Gasteiger partial charge in [0.05, 0.1) is 11.0 Å². The summed E-state index contributed by atoms with van der Waals surface area (Å²) in [5, 5.41) is 14.9. The van der Waals surface area contributed by atoms with Crippen LogP contribution in [0.2, 0.25) is 0 Å². The summed E-state index contributed by atoms with van der Waals surface area (Å²) in [6.45, 7) is 0. The van der Waals surface area contributed by atoms with Crippen LogP contribution in [0, 0.1) is 27.4 Å². The lowest BCUT2D eigenvalue weighted by Crippen LogP contribution is -2.60. The Balaban J connectivity index is 1.76. The van der Waals surface area contributed by atoms with Gasteiger partial charge in [0.2, 0.25) is 12.2 Å². The number of primary amides is 1. The minimum absolute atomic E-state index is 0.226. The Bertz CT molecular complexity index is 626. The molecule has 4 bridgehead atoms. The number of hydrogen-bond acceptors (Lipinski definition) is 5. The van der Waals surface area contributed by atoms with Crippen molar-refractivity contribution in [3.8, 4) is 0 Å². The quantitative estimate of drug-likeness (QED) is 0.657. The standard InChI is InChI=1S/C13H17N5O3/c14-10(19)12-2-8-1-9(3-12)5-13(4-8,6-12)17-7-15-11(16-17)18(20)21/h7-9H,1-6H2,(H2,14,19)/t8-,9+,12?,13?. The second-order valence-electron chi connectivity index (χ2n) is 7.08. The molecule has 4 aliphatic rings. The zero-order chi connectivity index (χ0) is 14.8. The number of hydrogen-bond donors (Lipinski definition) is 1. The number of carbonyl (C=O) groups excluding carboxylic acids is 1. The van der Waals surface area contributed by atoms with Gasteiger partial charge >= 0.3 is 5.95 Å². The van der Waals surface area contributed by atoms with Crippen LogP contribution < -0.4 is 5.73 Å². The van der Waals surface area contributed by atoms with Crippen LogP contribution in [0.5, 0.6) is 0 Å². The zero-order valence-electron chi connectivity index (χ0n) is 11.6. The van der Waals surface area contributed by atoms with Crippen LogP contribution in [0.15, 0.2) is 6.33 Å². The van der Waals surface area contributed by atoms with Gasteiger partial charge in [-0.1, -0.05) is 4.98 Å². The summed E-state index contributed by atoms with van der Waals surface area (Å²) >= 11 is 0. The smallest absolute Gasteiger partial charge is 0.390 e. The molecule has 1 aromatic rings. The summed E-state index contributed by atoms with van der Waals surface area (Å²) in [5.74, 6) is 0.318. The molecule has 0 aromatic carbocycles. The summed E-state index contributed by atoms with van der Waals surface area (Å²) in [7, 11) is 0. The molecule has 5 rings (SSSR count). The van der Waals surface area contributed by atoms with Crippen LogP contribution in [0.1, 0.15) is 38.5 Å². The summed E-state index contributed by atoms with van der Waals surface area (Å²) in [4.78, 5) is 26.0. The predicted octanol–water partition coefficient (Wildman–Crippen LogP) is 0.967. The zero-order valence-corrected chi connectivity index (χ0v) is 11.6. The molecule has 4 aliphatic carbocycles. The van der Waals surface area contributed by atoms with Crippen molar-refractivity contribution in [3.63, 3.8) is 0 Å². The molecule has 8 nitrogen and oxygen atoms in total. The SMILES string of the molecule is NC(=O)C12C[C@H]3C[C@@H](C1)CC(n1cnc([N+](=O)[O-])n1)(C3)C2. The number of carbonyl (C=O) groups is 1. The first kappa shape index (κ1) is 12.7. The van der Waals surface area contributed by atoms with Crippen molar-refractivity contribution in [2.24, 2.45) is 23.0 Å². The van der Waals surface area contributed by atoms with Crippen molar-refractivity contribution in [3.05, 3.63) is 16.4 Å². The number of aromatic nitrogens is 3. The number of nitrogens with zero attached hydrogens (tertiary/aromatic N) is 4. The van der Waals surface area contributed by atoms with Crippen molar-refractivity contribution in [1.82, 2.24) is 14.8 Å². The average molecular weight is 291 g/mol. The lowest BCUT2D eigenvalue weighted by atomic mass is 9.46. The summed E-state index contributed by atoms with van der Waals surface area (Å²) in [6, 6.07) is 0. The first-order chi connectivity index (χ1) is 9.92. The topological polar surface area (TPSA) is 117 Å². The molecular formula is C13H17N5O3. The second-order valence-corrected chi connectivity index (χ2v) is 7.08. The van der Waals surface area contributed by atoms with Crippen molar-refractivity contribution < 1.29 is 9.72 Å². The number of nitrogens with two attached hydrogens (primary N) is 1. The molecule has 8 heteroatoms. The molecule has 4 fully saturated rings. The Morgan fingerprint density at radius 2 is 2.05 bits per heavy atom. The first-order valence-corrected chi connectivity index (χ1v) is 7.29. The van der Waals surface area contributed by atoms with Crippen LogP contribution in [0.25, 0.3) is 0 Å². The molecule has 2 unspecified atom stereocenters. The predicted molar refractivity (Wildman–Crippen MR) is 71.0 cm³/mol. The molecule has 0 aliphatic heterocycles. The maximum absolute atomic E-state index is 12.0. The van der Waals surface area contributed by atoms with E-state index in [2.05, 4.69) is 10.1 Å². The minimum atomic E-state index is -0.582. The summed E-state index contributed by atoms with van der Waals surface area (Å²) < 4.78 is 1.64. The van der Waals surface area contributed by atoms with Gasteiger partial charge in [0, 0.05) is 5.10 Å². The first-order valence-electron chi connectivity index (χ1n) is 7.29. The Morgan fingerprint density at radius 3 is 2.57 bits per heavy atom. The number of rotatable bonds is 3. The number of nitro groups is 1. The third-order valence-electron chi connectivity index (χ3n) is 5.68. The number of amides is 1. The fourth-order valence-electron chi connectivity index (χ4n) is 5.34. The van der Waals surface area contributed by atoms with E-state index in [9.17, 15) is 14.9 Å². The molecule has 2 N–H and O–H groups in total. The van der Waals surface area contributed by atoms with Gasteiger partial charge in [0.25, 0.3) is 0 Å². The molecule has 4 atom stereocenters. The van der Waals surface area contributed by atoms with E-state index >= 15 is 0 Å².